The van der Waals surface area contributed by atoms with Crippen molar-refractivity contribution in [2.75, 3.05) is 0 Å². The van der Waals surface area contributed by atoms with Gasteiger partial charge in [0.2, 0.25) is 5.82 Å². The van der Waals surface area contributed by atoms with Crippen LogP contribution in [-0.2, 0) is 6.61 Å². The molecule has 0 saturated carbocycles. The fourth-order valence-corrected chi connectivity index (χ4v) is 5.16. The zero-order valence-corrected chi connectivity index (χ0v) is 23.5. The summed E-state index contributed by atoms with van der Waals surface area (Å²) in [6.45, 7) is 0.155. The standard InChI is InChI=1S/C30H17BrCl2FN3O3/c31-20-7-10-26-19(13-20)14-27(40-26)29-36-25-4-2-1-3-22(25)30(38)37(29)35-15-18-11-23(32)28(24(33)12-18)39-16-17-5-8-21(34)9-6-17/h1-15H,16H2. The molecule has 6 aromatic rings. The van der Waals surface area contributed by atoms with Crippen LogP contribution in [-0.4, -0.2) is 15.9 Å². The first kappa shape index (κ1) is 26.3. The lowest BCUT2D eigenvalue weighted by molar-refractivity contribution is 0.306. The van der Waals surface area contributed by atoms with E-state index in [-0.39, 0.29) is 39.6 Å². The molecule has 0 atom stereocenters. The molecule has 4 aromatic carbocycles. The third kappa shape index (κ3) is 5.25. The lowest BCUT2D eigenvalue weighted by Crippen LogP contribution is -2.20. The molecule has 6 nitrogen and oxygen atoms in total. The van der Waals surface area contributed by atoms with Gasteiger partial charge >= 0.3 is 0 Å². The second-order valence-electron chi connectivity index (χ2n) is 8.84. The Morgan fingerprint density at radius 1 is 1.00 bits per heavy atom. The number of fused-ring (bicyclic) bond motifs is 2. The van der Waals surface area contributed by atoms with Crippen LogP contribution < -0.4 is 10.3 Å². The first-order chi connectivity index (χ1) is 19.4. The molecule has 0 saturated heterocycles. The fourth-order valence-electron chi connectivity index (χ4n) is 4.17. The van der Waals surface area contributed by atoms with Gasteiger partial charge in [-0.05, 0) is 71.8 Å². The molecule has 0 spiro atoms. The molecule has 40 heavy (non-hydrogen) atoms. The molecule has 0 fully saturated rings. The van der Waals surface area contributed by atoms with E-state index in [1.807, 2.05) is 30.3 Å². The Bertz CT molecular complexity index is 1960. The van der Waals surface area contributed by atoms with Gasteiger partial charge in [-0.1, -0.05) is 63.4 Å². The second-order valence-corrected chi connectivity index (χ2v) is 10.6. The Balaban J connectivity index is 1.37. The van der Waals surface area contributed by atoms with Crippen LogP contribution in [0.5, 0.6) is 5.75 Å². The van der Waals surface area contributed by atoms with E-state index in [0.29, 0.717) is 27.8 Å². The maximum absolute atomic E-state index is 13.5. The molecule has 10 heteroatoms. The Kier molecular flexibility index (Phi) is 7.14. The summed E-state index contributed by atoms with van der Waals surface area (Å²) in [6, 6.07) is 23.6. The molecule has 0 aliphatic heterocycles. The predicted molar refractivity (Wildman–Crippen MR) is 159 cm³/mol. The van der Waals surface area contributed by atoms with E-state index in [4.69, 9.17) is 37.3 Å². The third-order valence-electron chi connectivity index (χ3n) is 6.09. The van der Waals surface area contributed by atoms with Gasteiger partial charge in [0.1, 0.15) is 18.0 Å². The lowest BCUT2D eigenvalue weighted by Gasteiger charge is -2.11. The second kappa shape index (κ2) is 10.9. The minimum Gasteiger partial charge on any atom is -0.486 e. The topological polar surface area (TPSA) is 69.6 Å². The van der Waals surface area contributed by atoms with Crippen molar-refractivity contribution >= 4 is 67.2 Å². The highest BCUT2D eigenvalue weighted by Gasteiger charge is 2.17. The normalized spacial score (nSPS) is 11.6. The quantitative estimate of drug-likeness (QED) is 0.172. The Morgan fingerprint density at radius 2 is 1.75 bits per heavy atom. The number of para-hydroxylation sites is 1. The molecule has 0 bridgehead atoms. The van der Waals surface area contributed by atoms with Crippen LogP contribution in [0.1, 0.15) is 11.1 Å². The van der Waals surface area contributed by atoms with Gasteiger partial charge in [0, 0.05) is 9.86 Å². The summed E-state index contributed by atoms with van der Waals surface area (Å²) in [5, 5.41) is 6.21. The molecule has 198 valence electrons. The molecule has 0 amide bonds. The van der Waals surface area contributed by atoms with E-state index in [0.717, 1.165) is 15.4 Å². The number of hydrogen-bond acceptors (Lipinski definition) is 5. The van der Waals surface area contributed by atoms with E-state index in [9.17, 15) is 9.18 Å². The van der Waals surface area contributed by atoms with Crippen LogP contribution in [0.4, 0.5) is 4.39 Å². The van der Waals surface area contributed by atoms with Crippen molar-refractivity contribution in [3.8, 4) is 17.3 Å². The predicted octanol–water partition coefficient (Wildman–Crippen LogP) is 8.48. The van der Waals surface area contributed by atoms with Crippen molar-refractivity contribution in [3.05, 3.63) is 127 Å². The summed E-state index contributed by atoms with van der Waals surface area (Å²) in [5.41, 5.74) is 2.08. The van der Waals surface area contributed by atoms with Gasteiger partial charge in [-0.3, -0.25) is 4.79 Å². The van der Waals surface area contributed by atoms with Crippen LogP contribution in [0.15, 0.2) is 104 Å². The first-order valence-corrected chi connectivity index (χ1v) is 13.5. The molecular formula is C30H17BrCl2FN3O3. The van der Waals surface area contributed by atoms with Crippen LogP contribution in [0, 0.1) is 5.82 Å². The van der Waals surface area contributed by atoms with Crippen LogP contribution in [0.25, 0.3) is 33.5 Å². The number of nitrogens with zero attached hydrogens (tertiary/aromatic N) is 3. The van der Waals surface area contributed by atoms with Gasteiger partial charge in [-0.2, -0.15) is 9.78 Å². The van der Waals surface area contributed by atoms with Gasteiger partial charge in [-0.25, -0.2) is 9.37 Å². The minimum absolute atomic E-state index is 0.155. The number of aromatic nitrogens is 2. The zero-order valence-electron chi connectivity index (χ0n) is 20.4. The van der Waals surface area contributed by atoms with Crippen LogP contribution >= 0.6 is 39.1 Å². The number of ether oxygens (including phenoxy) is 1. The van der Waals surface area contributed by atoms with E-state index in [1.165, 1.54) is 23.0 Å². The molecule has 0 aliphatic rings. The summed E-state index contributed by atoms with van der Waals surface area (Å²) in [6.07, 6.45) is 1.46. The molecule has 0 aliphatic carbocycles. The van der Waals surface area contributed by atoms with Crippen molar-refractivity contribution in [1.29, 1.82) is 0 Å². The number of hydrogen-bond donors (Lipinski definition) is 0. The minimum atomic E-state index is -0.366. The molecule has 0 radical (unpaired) electrons. The molecular weight excluding hydrogens is 620 g/mol. The number of rotatable bonds is 6. The number of benzene rings is 4. The SMILES string of the molecule is O=c1c2ccccc2nc(-c2cc3cc(Br)ccc3o2)n1N=Cc1cc(Cl)c(OCc2ccc(F)cc2)c(Cl)c1. The Morgan fingerprint density at radius 3 is 2.52 bits per heavy atom. The summed E-state index contributed by atoms with van der Waals surface area (Å²) in [7, 11) is 0. The highest BCUT2D eigenvalue weighted by molar-refractivity contribution is 9.10. The van der Waals surface area contributed by atoms with Crippen LogP contribution in [0.2, 0.25) is 10.0 Å². The summed E-state index contributed by atoms with van der Waals surface area (Å²) in [4.78, 5) is 18.2. The van der Waals surface area contributed by atoms with Crippen molar-refractivity contribution in [2.24, 2.45) is 5.10 Å². The van der Waals surface area contributed by atoms with Gasteiger partial charge in [0.25, 0.3) is 5.56 Å². The van der Waals surface area contributed by atoms with Gasteiger partial charge in [0.05, 0.1) is 27.2 Å². The average molecular weight is 637 g/mol. The number of furan rings is 1. The molecule has 2 heterocycles. The zero-order chi connectivity index (χ0) is 27.8. The lowest BCUT2D eigenvalue weighted by atomic mass is 10.2. The monoisotopic (exact) mass is 635 g/mol. The maximum atomic E-state index is 13.5. The fraction of sp³-hybridized carbons (Fsp3) is 0.0333. The smallest absolute Gasteiger partial charge is 0.282 e. The Hall–Kier alpha value is -3.98. The molecule has 6 rings (SSSR count). The largest absolute Gasteiger partial charge is 0.486 e. The highest BCUT2D eigenvalue weighted by atomic mass is 79.9. The molecule has 0 N–H and O–H groups in total. The van der Waals surface area contributed by atoms with Crippen LogP contribution in [0.3, 0.4) is 0 Å². The maximum Gasteiger partial charge on any atom is 0.282 e. The van der Waals surface area contributed by atoms with Crippen molar-refractivity contribution in [1.82, 2.24) is 9.66 Å². The van der Waals surface area contributed by atoms with Gasteiger partial charge < -0.3 is 9.15 Å². The van der Waals surface area contributed by atoms with E-state index in [2.05, 4.69) is 21.0 Å². The Labute approximate surface area is 245 Å². The first-order valence-electron chi connectivity index (χ1n) is 12.0. The van der Waals surface area contributed by atoms with Crippen molar-refractivity contribution < 1.29 is 13.5 Å². The van der Waals surface area contributed by atoms with Crippen molar-refractivity contribution in [2.45, 2.75) is 6.61 Å². The average Bonchev–Trinajstić information content (AvgIpc) is 3.36. The van der Waals surface area contributed by atoms with Gasteiger partial charge in [0.15, 0.2) is 11.5 Å². The summed E-state index contributed by atoms with van der Waals surface area (Å²) in [5.74, 6) is 0.571. The van der Waals surface area contributed by atoms with E-state index < -0.39 is 0 Å². The highest BCUT2D eigenvalue weighted by Crippen LogP contribution is 2.35. The third-order valence-corrected chi connectivity index (χ3v) is 7.15. The summed E-state index contributed by atoms with van der Waals surface area (Å²) >= 11 is 16.4. The van der Waals surface area contributed by atoms with Crippen molar-refractivity contribution in [3.63, 3.8) is 0 Å². The molecule has 0 unspecified atom stereocenters. The summed E-state index contributed by atoms with van der Waals surface area (Å²) < 4.78 is 27.1. The molecule has 2 aromatic heterocycles. The van der Waals surface area contributed by atoms with E-state index in [1.54, 1.807) is 42.5 Å². The number of halogens is 4. The van der Waals surface area contributed by atoms with E-state index >= 15 is 0 Å². The van der Waals surface area contributed by atoms with Gasteiger partial charge in [-0.15, -0.1) is 0 Å².